The van der Waals surface area contributed by atoms with Crippen LogP contribution in [0.2, 0.25) is 0 Å². The van der Waals surface area contributed by atoms with Gasteiger partial charge in [-0.25, -0.2) is 24.0 Å². The number of carbonyl (C=O) groups excluding carboxylic acids is 1. The van der Waals surface area contributed by atoms with Crippen molar-refractivity contribution in [2.45, 2.75) is 0 Å². The average Bonchev–Trinajstić information content (AvgIpc) is 2.27. The van der Waals surface area contributed by atoms with Crippen LogP contribution >= 0.6 is 0 Å². The van der Waals surface area contributed by atoms with E-state index in [0.29, 0.717) is 0 Å². The SMILES string of the molecule is O=C(O)C(=O)O.O=C(O)C(=O)O.O=C([O-])C(=O)O.[Na+].[O]=[Mn](=[O])([OH])[OH]. The van der Waals surface area contributed by atoms with Gasteiger partial charge in [0.2, 0.25) is 0 Å². The van der Waals surface area contributed by atoms with Crippen molar-refractivity contribution in [2.75, 3.05) is 0 Å². The van der Waals surface area contributed by atoms with Crippen molar-refractivity contribution >= 4 is 35.8 Å². The number of rotatable bonds is 0. The monoisotopic (exact) mass is 413 g/mol. The van der Waals surface area contributed by atoms with Gasteiger partial charge in [0.15, 0.2) is 5.97 Å². The molecule has 0 aliphatic carbocycles. The molecule has 0 atom stereocenters. The normalized spacial score (nSPS) is 7.92. The Hall–Kier alpha value is -2.14. The molecule has 0 aromatic rings. The average molecular weight is 413 g/mol. The van der Waals surface area contributed by atoms with Crippen LogP contribution in [0, 0.1) is 0 Å². The topological polar surface area (TPSA) is 301 Å². The fraction of sp³-hybridized carbons (Fsp3) is 0. The zero-order chi connectivity index (χ0) is 20.0. The Bertz CT molecular complexity index is 458. The van der Waals surface area contributed by atoms with Crippen LogP contribution in [0.1, 0.15) is 0 Å². The second kappa shape index (κ2) is 17.2. The fourth-order valence-electron chi connectivity index (χ4n) is 0. The van der Waals surface area contributed by atoms with Crippen LogP contribution in [0.3, 0.4) is 0 Å². The third-order valence-electron chi connectivity index (χ3n) is 0.541. The fourth-order valence-corrected chi connectivity index (χ4v) is 0. The van der Waals surface area contributed by atoms with E-state index in [4.69, 9.17) is 75.5 Å². The van der Waals surface area contributed by atoms with Gasteiger partial charge in [0.1, 0.15) is 0 Å². The Balaban J connectivity index is -0.0000000661. The van der Waals surface area contributed by atoms with Crippen LogP contribution in [0.25, 0.3) is 0 Å². The van der Waals surface area contributed by atoms with Crippen molar-refractivity contribution < 1.29 is 118 Å². The Labute approximate surface area is 154 Å². The molecule has 0 aromatic heterocycles. The molecule has 0 aromatic carbocycles. The van der Waals surface area contributed by atoms with Gasteiger partial charge in [0.25, 0.3) is 0 Å². The van der Waals surface area contributed by atoms with Crippen LogP contribution in [-0.4, -0.2) is 69.7 Å². The van der Waals surface area contributed by atoms with E-state index >= 15 is 0 Å². The predicted molar refractivity (Wildman–Crippen MR) is 49.0 cm³/mol. The van der Waals surface area contributed by atoms with E-state index in [1.54, 1.807) is 0 Å². The van der Waals surface area contributed by atoms with Crippen LogP contribution in [0.15, 0.2) is 0 Å². The first-order valence-electron chi connectivity index (χ1n) is 3.94. The summed E-state index contributed by atoms with van der Waals surface area (Å²) >= 11 is -5.12. The van der Waals surface area contributed by atoms with Gasteiger partial charge in [0, 0.05) is 0 Å². The van der Waals surface area contributed by atoms with Crippen molar-refractivity contribution in [1.82, 2.24) is 0 Å². The second-order valence-electron chi connectivity index (χ2n) is 2.23. The molecule has 16 nitrogen and oxygen atoms in total. The first kappa shape index (κ1) is 33.5. The summed E-state index contributed by atoms with van der Waals surface area (Å²) in [5.74, 6) is -11.3. The van der Waals surface area contributed by atoms with Gasteiger partial charge in [-0.3, -0.25) is 0 Å². The molecular formula is C6H7MnNaO16. The van der Waals surface area contributed by atoms with Gasteiger partial charge in [-0.15, -0.1) is 0 Å². The van der Waals surface area contributed by atoms with E-state index < -0.39 is 49.2 Å². The molecule has 0 aliphatic rings. The summed E-state index contributed by atoms with van der Waals surface area (Å²) in [4.78, 5) is 54.4. The van der Waals surface area contributed by atoms with Crippen LogP contribution in [0.5, 0.6) is 0 Å². The molecule has 24 heavy (non-hydrogen) atoms. The zero-order valence-electron chi connectivity index (χ0n) is 11.2. The maximum absolute atomic E-state index is 9.10. The first-order chi connectivity index (χ1) is 9.93. The Morgan fingerprint density at radius 2 is 0.667 bits per heavy atom. The first-order valence-corrected chi connectivity index (χ1v) is 5.96. The molecule has 0 heterocycles. The van der Waals surface area contributed by atoms with Gasteiger partial charge < -0.3 is 35.4 Å². The molecule has 0 amide bonds. The summed E-state index contributed by atoms with van der Waals surface area (Å²) in [6.07, 6.45) is 0. The molecule has 7 N–H and O–H groups in total. The van der Waals surface area contributed by atoms with Gasteiger partial charge in [-0.2, -0.15) is 0 Å². The van der Waals surface area contributed by atoms with E-state index in [-0.39, 0.29) is 29.6 Å². The van der Waals surface area contributed by atoms with E-state index in [1.807, 2.05) is 0 Å². The number of carbonyl (C=O) groups is 6. The maximum atomic E-state index is 9.10. The second-order valence-corrected chi connectivity index (χ2v) is 3.52. The standard InChI is InChI=1S/3C2H2O4.Mn.Na.2H2O.2O/c3*3-1(4)2(5)6;;;;;;/h3*(H,3,4)(H,5,6);;;2*1H2;;/q;;;+2;+1;;;;/p-3. The summed E-state index contributed by atoms with van der Waals surface area (Å²) in [5, 5.41) is 45.9. The molecule has 18 heteroatoms. The molecule has 135 valence electrons. The molecule has 0 aliphatic heterocycles. The van der Waals surface area contributed by atoms with Crippen molar-refractivity contribution in [1.29, 1.82) is 0 Å². The third kappa shape index (κ3) is 72.7. The number of hydrogen-bond acceptors (Lipinski definition) is 9. The van der Waals surface area contributed by atoms with Crippen LogP contribution in [0.4, 0.5) is 0 Å². The summed E-state index contributed by atoms with van der Waals surface area (Å²) in [5.41, 5.74) is 0. The van der Waals surface area contributed by atoms with E-state index in [2.05, 4.69) is 0 Å². The molecule has 0 saturated carbocycles. The molecule has 0 rings (SSSR count). The minimum absolute atomic E-state index is 0. The third-order valence-corrected chi connectivity index (χ3v) is 0.541. The Kier molecular flexibility index (Phi) is 24.0. The molecule has 0 saturated heterocycles. The van der Waals surface area contributed by atoms with E-state index in [1.165, 1.54) is 0 Å². The Morgan fingerprint density at radius 1 is 0.583 bits per heavy atom. The Morgan fingerprint density at radius 3 is 0.667 bits per heavy atom. The number of carboxylic acid groups (broad SMARTS) is 6. The summed E-state index contributed by atoms with van der Waals surface area (Å²) in [7, 11) is 0. The molecule has 0 fully saturated rings. The predicted octanol–water partition coefficient (Wildman–Crippen LogP) is -8.22. The molecule has 0 unspecified atom stereocenters. The summed E-state index contributed by atoms with van der Waals surface area (Å²) in [6, 6.07) is 0. The van der Waals surface area contributed by atoms with Gasteiger partial charge in [0.05, 0.1) is 0 Å². The zero-order valence-corrected chi connectivity index (χ0v) is 14.4. The number of hydrogen-bond donors (Lipinski definition) is 7. The number of aliphatic carboxylic acids is 6. The van der Waals surface area contributed by atoms with Crippen molar-refractivity contribution in [3.8, 4) is 0 Å². The van der Waals surface area contributed by atoms with E-state index in [9.17, 15) is 0 Å². The quantitative estimate of drug-likeness (QED) is 0.143. The van der Waals surface area contributed by atoms with E-state index in [0.717, 1.165) is 0 Å². The summed E-state index contributed by atoms with van der Waals surface area (Å²) in [6.45, 7) is 0. The van der Waals surface area contributed by atoms with Crippen molar-refractivity contribution in [3.05, 3.63) is 0 Å². The molecular weight excluding hydrogens is 406 g/mol. The number of carboxylic acids is 6. The van der Waals surface area contributed by atoms with Crippen LogP contribution < -0.4 is 34.7 Å². The van der Waals surface area contributed by atoms with Gasteiger partial charge >= 0.3 is 88.8 Å². The van der Waals surface area contributed by atoms with Gasteiger partial charge in [-0.05, 0) is 0 Å². The van der Waals surface area contributed by atoms with Crippen molar-refractivity contribution in [2.24, 2.45) is 0 Å². The molecule has 0 spiro atoms. The summed E-state index contributed by atoms with van der Waals surface area (Å²) < 4.78 is 31.8. The minimum atomic E-state index is -5.12. The van der Waals surface area contributed by atoms with Crippen LogP contribution in [-0.2, 0) is 49.8 Å². The van der Waals surface area contributed by atoms with Gasteiger partial charge in [-0.1, -0.05) is 0 Å². The molecule has 0 bridgehead atoms. The molecule has 0 radical (unpaired) electrons. The van der Waals surface area contributed by atoms with Crippen molar-refractivity contribution in [3.63, 3.8) is 0 Å².